The van der Waals surface area contributed by atoms with Crippen LogP contribution in [-0.2, 0) is 0 Å². The lowest BCUT2D eigenvalue weighted by Gasteiger charge is -2.17. The van der Waals surface area contributed by atoms with Gasteiger partial charge in [0, 0.05) is 12.6 Å². The Morgan fingerprint density at radius 1 is 1.14 bits per heavy atom. The standard InChI is InChI=1S/C12H24N2/c1-2-11(13)7-14-8-12(9-3-4-9)10-5-6-10/h9-12,14H,2-8,13H2,1H3. The lowest BCUT2D eigenvalue weighted by Crippen LogP contribution is -2.36. The lowest BCUT2D eigenvalue weighted by atomic mass is 9.98. The first-order chi connectivity index (χ1) is 6.81. The van der Waals surface area contributed by atoms with Crippen LogP contribution >= 0.6 is 0 Å². The second-order valence-electron chi connectivity index (χ2n) is 5.17. The van der Waals surface area contributed by atoms with E-state index in [4.69, 9.17) is 5.73 Å². The van der Waals surface area contributed by atoms with E-state index in [0.717, 1.165) is 30.7 Å². The topological polar surface area (TPSA) is 38.0 Å². The molecule has 0 aromatic carbocycles. The largest absolute Gasteiger partial charge is 0.327 e. The number of nitrogens with one attached hydrogen (secondary N) is 1. The molecule has 2 rings (SSSR count). The fraction of sp³-hybridized carbons (Fsp3) is 1.00. The molecule has 2 nitrogen and oxygen atoms in total. The van der Waals surface area contributed by atoms with Crippen molar-refractivity contribution in [2.45, 2.75) is 45.1 Å². The Labute approximate surface area is 87.6 Å². The second-order valence-corrected chi connectivity index (χ2v) is 5.17. The molecule has 0 aliphatic heterocycles. The Morgan fingerprint density at radius 3 is 2.14 bits per heavy atom. The van der Waals surface area contributed by atoms with Crippen LogP contribution in [0, 0.1) is 17.8 Å². The van der Waals surface area contributed by atoms with Crippen molar-refractivity contribution in [2.75, 3.05) is 13.1 Å². The minimum atomic E-state index is 0.356. The van der Waals surface area contributed by atoms with E-state index in [0.29, 0.717) is 6.04 Å². The van der Waals surface area contributed by atoms with Gasteiger partial charge >= 0.3 is 0 Å². The molecule has 1 atom stereocenters. The van der Waals surface area contributed by atoms with Crippen LogP contribution in [0.2, 0.25) is 0 Å². The average molecular weight is 196 g/mol. The van der Waals surface area contributed by atoms with E-state index in [-0.39, 0.29) is 0 Å². The van der Waals surface area contributed by atoms with Crippen molar-refractivity contribution in [1.82, 2.24) is 5.32 Å². The van der Waals surface area contributed by atoms with Gasteiger partial charge in [-0.05, 0) is 56.4 Å². The normalized spacial score (nSPS) is 24.2. The minimum Gasteiger partial charge on any atom is -0.327 e. The molecule has 3 N–H and O–H groups in total. The zero-order valence-corrected chi connectivity index (χ0v) is 9.34. The van der Waals surface area contributed by atoms with Crippen molar-refractivity contribution in [3.8, 4) is 0 Å². The molecule has 0 bridgehead atoms. The van der Waals surface area contributed by atoms with Crippen LogP contribution < -0.4 is 11.1 Å². The maximum atomic E-state index is 5.88. The SMILES string of the molecule is CCC(N)CNCC(C1CC1)C1CC1. The van der Waals surface area contributed by atoms with Crippen molar-refractivity contribution in [1.29, 1.82) is 0 Å². The van der Waals surface area contributed by atoms with Crippen molar-refractivity contribution in [3.05, 3.63) is 0 Å². The molecule has 0 amide bonds. The molecular formula is C12H24N2. The molecule has 82 valence electrons. The van der Waals surface area contributed by atoms with Gasteiger partial charge < -0.3 is 11.1 Å². The summed E-state index contributed by atoms with van der Waals surface area (Å²) < 4.78 is 0. The number of rotatable bonds is 7. The molecule has 2 aliphatic carbocycles. The lowest BCUT2D eigenvalue weighted by molar-refractivity contribution is 0.372. The third kappa shape index (κ3) is 2.96. The minimum absolute atomic E-state index is 0.356. The molecule has 0 aromatic rings. The number of hydrogen-bond acceptors (Lipinski definition) is 2. The maximum Gasteiger partial charge on any atom is 0.0162 e. The number of hydrogen-bond donors (Lipinski definition) is 2. The van der Waals surface area contributed by atoms with Crippen LogP contribution in [-0.4, -0.2) is 19.1 Å². The highest BCUT2D eigenvalue weighted by molar-refractivity contribution is 4.92. The molecule has 0 heterocycles. The summed E-state index contributed by atoms with van der Waals surface area (Å²) in [4.78, 5) is 0. The highest BCUT2D eigenvalue weighted by Gasteiger charge is 2.40. The molecule has 0 aromatic heterocycles. The summed E-state index contributed by atoms with van der Waals surface area (Å²) in [7, 11) is 0. The smallest absolute Gasteiger partial charge is 0.0162 e. The van der Waals surface area contributed by atoms with Gasteiger partial charge in [-0.3, -0.25) is 0 Å². The molecule has 1 unspecified atom stereocenters. The molecule has 14 heavy (non-hydrogen) atoms. The molecule has 2 aliphatic rings. The molecule has 2 saturated carbocycles. The zero-order valence-electron chi connectivity index (χ0n) is 9.34. The predicted octanol–water partition coefficient (Wildman–Crippen LogP) is 1.75. The Bertz CT molecular complexity index is 161. The fourth-order valence-corrected chi connectivity index (χ4v) is 2.35. The van der Waals surface area contributed by atoms with E-state index in [1.165, 1.54) is 32.2 Å². The third-order valence-electron chi connectivity index (χ3n) is 3.77. The quantitative estimate of drug-likeness (QED) is 0.651. The first-order valence-electron chi connectivity index (χ1n) is 6.27. The van der Waals surface area contributed by atoms with Gasteiger partial charge in [-0.1, -0.05) is 6.92 Å². The van der Waals surface area contributed by atoms with E-state index in [1.807, 2.05) is 0 Å². The highest BCUT2D eigenvalue weighted by Crippen LogP contribution is 2.48. The number of nitrogens with two attached hydrogens (primary N) is 1. The van der Waals surface area contributed by atoms with Gasteiger partial charge in [-0.2, -0.15) is 0 Å². The first kappa shape index (κ1) is 10.4. The van der Waals surface area contributed by atoms with E-state index in [1.54, 1.807) is 0 Å². The van der Waals surface area contributed by atoms with Gasteiger partial charge in [-0.15, -0.1) is 0 Å². The summed E-state index contributed by atoms with van der Waals surface area (Å²) in [5.41, 5.74) is 5.88. The van der Waals surface area contributed by atoms with Gasteiger partial charge in [0.15, 0.2) is 0 Å². The summed E-state index contributed by atoms with van der Waals surface area (Å²) in [5.74, 6) is 3.11. The summed E-state index contributed by atoms with van der Waals surface area (Å²) in [6.45, 7) is 4.39. The fourth-order valence-electron chi connectivity index (χ4n) is 2.35. The van der Waals surface area contributed by atoms with Crippen LogP contribution in [0.3, 0.4) is 0 Å². The predicted molar refractivity (Wildman–Crippen MR) is 60.1 cm³/mol. The Morgan fingerprint density at radius 2 is 1.71 bits per heavy atom. The van der Waals surface area contributed by atoms with Crippen molar-refractivity contribution < 1.29 is 0 Å². The van der Waals surface area contributed by atoms with E-state index in [9.17, 15) is 0 Å². The molecule has 2 heteroatoms. The van der Waals surface area contributed by atoms with Gasteiger partial charge in [-0.25, -0.2) is 0 Å². The highest BCUT2D eigenvalue weighted by atomic mass is 14.9. The molecule has 2 fully saturated rings. The first-order valence-corrected chi connectivity index (χ1v) is 6.27. The van der Waals surface area contributed by atoms with Crippen molar-refractivity contribution >= 4 is 0 Å². The monoisotopic (exact) mass is 196 g/mol. The molecule has 0 radical (unpaired) electrons. The van der Waals surface area contributed by atoms with E-state index in [2.05, 4.69) is 12.2 Å². The van der Waals surface area contributed by atoms with Crippen LogP contribution in [0.1, 0.15) is 39.0 Å². The van der Waals surface area contributed by atoms with Crippen molar-refractivity contribution in [3.63, 3.8) is 0 Å². The average Bonchev–Trinajstić information content (AvgIpc) is 3.03. The van der Waals surface area contributed by atoms with E-state index >= 15 is 0 Å². The van der Waals surface area contributed by atoms with Gasteiger partial charge in [0.1, 0.15) is 0 Å². The second kappa shape index (κ2) is 4.63. The Kier molecular flexibility index (Phi) is 3.45. The van der Waals surface area contributed by atoms with Crippen LogP contribution in [0.4, 0.5) is 0 Å². The Balaban J connectivity index is 1.62. The van der Waals surface area contributed by atoms with Gasteiger partial charge in [0.2, 0.25) is 0 Å². The van der Waals surface area contributed by atoms with Crippen molar-refractivity contribution in [2.24, 2.45) is 23.5 Å². The summed E-state index contributed by atoms with van der Waals surface area (Å²) in [5, 5.41) is 3.55. The maximum absolute atomic E-state index is 5.88. The van der Waals surface area contributed by atoms with E-state index < -0.39 is 0 Å². The van der Waals surface area contributed by atoms with Crippen LogP contribution in [0.15, 0.2) is 0 Å². The Hall–Kier alpha value is -0.0800. The van der Waals surface area contributed by atoms with Crippen LogP contribution in [0.5, 0.6) is 0 Å². The molecule has 0 spiro atoms. The summed E-state index contributed by atoms with van der Waals surface area (Å²) in [6, 6.07) is 0.356. The molecule has 0 saturated heterocycles. The van der Waals surface area contributed by atoms with Crippen LogP contribution in [0.25, 0.3) is 0 Å². The van der Waals surface area contributed by atoms with Gasteiger partial charge in [0.25, 0.3) is 0 Å². The summed E-state index contributed by atoms with van der Waals surface area (Å²) in [6.07, 6.45) is 7.04. The molecular weight excluding hydrogens is 172 g/mol. The zero-order chi connectivity index (χ0) is 9.97. The van der Waals surface area contributed by atoms with Gasteiger partial charge in [0.05, 0.1) is 0 Å². The third-order valence-corrected chi connectivity index (χ3v) is 3.77. The summed E-state index contributed by atoms with van der Waals surface area (Å²) >= 11 is 0.